The van der Waals surface area contributed by atoms with E-state index in [0.717, 1.165) is 49.2 Å². The van der Waals surface area contributed by atoms with Crippen molar-refractivity contribution in [3.8, 4) is 5.88 Å². The van der Waals surface area contributed by atoms with Gasteiger partial charge >= 0.3 is 0 Å². The Balaban J connectivity index is 1.82. The molecule has 2 aromatic rings. The van der Waals surface area contributed by atoms with Crippen LogP contribution in [0, 0.1) is 0 Å². The number of imidazole rings is 1. The third-order valence-electron chi connectivity index (χ3n) is 4.54. The molecule has 4 nitrogen and oxygen atoms in total. The number of allylic oxidation sites excluding steroid dienone is 2. The summed E-state index contributed by atoms with van der Waals surface area (Å²) in [6, 6.07) is 7.78. The van der Waals surface area contributed by atoms with Gasteiger partial charge in [-0.05, 0) is 36.1 Å². The Labute approximate surface area is 134 Å². The summed E-state index contributed by atoms with van der Waals surface area (Å²) < 4.78 is 1.88. The summed E-state index contributed by atoms with van der Waals surface area (Å²) in [7, 11) is 0. The van der Waals surface area contributed by atoms with Gasteiger partial charge in [0.25, 0.3) is 0 Å². The highest BCUT2D eigenvalue weighted by Crippen LogP contribution is 2.31. The lowest BCUT2D eigenvalue weighted by atomic mass is 9.91. The van der Waals surface area contributed by atoms with Crippen molar-refractivity contribution in [2.24, 2.45) is 0 Å². The van der Waals surface area contributed by atoms with E-state index in [1.807, 2.05) is 34.9 Å². The molecule has 0 saturated heterocycles. The predicted molar refractivity (Wildman–Crippen MR) is 89.8 cm³/mol. The van der Waals surface area contributed by atoms with E-state index in [1.165, 1.54) is 0 Å². The summed E-state index contributed by atoms with van der Waals surface area (Å²) in [6.07, 6.45) is 9.32. The molecular formula is C19H18N2O2. The third-order valence-corrected chi connectivity index (χ3v) is 4.54. The van der Waals surface area contributed by atoms with Crippen LogP contribution in [0.15, 0.2) is 30.3 Å². The molecule has 0 unspecified atom stereocenters. The zero-order valence-corrected chi connectivity index (χ0v) is 12.8. The molecule has 0 amide bonds. The largest absolute Gasteiger partial charge is 0.493 e. The first-order valence-electron chi connectivity index (χ1n) is 8.06. The lowest BCUT2D eigenvalue weighted by Gasteiger charge is -2.12. The van der Waals surface area contributed by atoms with Crippen LogP contribution < -0.4 is 0 Å². The molecule has 0 radical (unpaired) electrons. The molecule has 0 bridgehead atoms. The first-order chi connectivity index (χ1) is 11.2. The maximum atomic E-state index is 12.3. The van der Waals surface area contributed by atoms with E-state index in [2.05, 4.69) is 4.98 Å². The van der Waals surface area contributed by atoms with Crippen molar-refractivity contribution in [2.45, 2.75) is 32.2 Å². The third kappa shape index (κ3) is 2.40. The zero-order valence-electron chi connectivity index (χ0n) is 12.8. The number of carbonyl (C=O) groups excluding carboxylic acids is 1. The van der Waals surface area contributed by atoms with Crippen LogP contribution >= 0.6 is 0 Å². The van der Waals surface area contributed by atoms with Gasteiger partial charge in [-0.15, -0.1) is 0 Å². The van der Waals surface area contributed by atoms with E-state index in [0.29, 0.717) is 11.3 Å². The Morgan fingerprint density at radius 1 is 1.13 bits per heavy atom. The Kier molecular flexibility index (Phi) is 3.37. The first-order valence-corrected chi connectivity index (χ1v) is 8.06. The van der Waals surface area contributed by atoms with Crippen LogP contribution in [0.2, 0.25) is 0 Å². The van der Waals surface area contributed by atoms with Crippen molar-refractivity contribution in [3.63, 3.8) is 0 Å². The Morgan fingerprint density at radius 3 is 2.91 bits per heavy atom. The minimum Gasteiger partial charge on any atom is -0.493 e. The molecule has 1 aliphatic heterocycles. The highest BCUT2D eigenvalue weighted by Gasteiger charge is 2.21. The fourth-order valence-electron chi connectivity index (χ4n) is 3.32. The Bertz CT molecular complexity index is 843. The van der Waals surface area contributed by atoms with Gasteiger partial charge in [-0.3, -0.25) is 9.36 Å². The lowest BCUT2D eigenvalue weighted by Crippen LogP contribution is -2.04. The average molecular weight is 306 g/mol. The quantitative estimate of drug-likeness (QED) is 0.821. The van der Waals surface area contributed by atoms with Gasteiger partial charge in [0.15, 0.2) is 5.78 Å². The van der Waals surface area contributed by atoms with E-state index >= 15 is 0 Å². The molecule has 4 rings (SSSR count). The zero-order chi connectivity index (χ0) is 15.8. The summed E-state index contributed by atoms with van der Waals surface area (Å²) in [5, 5.41) is 10.5. The standard InChI is InChI=1S/C19H18N2O2/c22-17-10-9-13-6-3-4-7-14(13)15(17)12-16-19(23)21-11-5-1-2-8-18(21)20-16/h3-4,6-7,9-10,12,23H,1-2,5,8,11H2/b15-12-. The summed E-state index contributed by atoms with van der Waals surface area (Å²) in [6.45, 7) is 0.793. The number of benzene rings is 1. The van der Waals surface area contributed by atoms with Gasteiger partial charge in [0, 0.05) is 18.5 Å². The minimum absolute atomic E-state index is 0.0497. The number of aromatic hydroxyl groups is 1. The van der Waals surface area contributed by atoms with Gasteiger partial charge < -0.3 is 5.11 Å². The average Bonchev–Trinajstić information content (AvgIpc) is 2.75. The van der Waals surface area contributed by atoms with Gasteiger partial charge in [-0.25, -0.2) is 4.98 Å². The Morgan fingerprint density at radius 2 is 2.00 bits per heavy atom. The van der Waals surface area contributed by atoms with E-state index in [9.17, 15) is 9.90 Å². The van der Waals surface area contributed by atoms with Crippen molar-refractivity contribution >= 4 is 23.5 Å². The van der Waals surface area contributed by atoms with Gasteiger partial charge in [0.1, 0.15) is 11.5 Å². The van der Waals surface area contributed by atoms with E-state index in [4.69, 9.17) is 0 Å². The predicted octanol–water partition coefficient (Wildman–Crippen LogP) is 3.45. The smallest absolute Gasteiger partial charge is 0.219 e. The van der Waals surface area contributed by atoms with E-state index in [1.54, 1.807) is 12.2 Å². The summed E-state index contributed by atoms with van der Waals surface area (Å²) in [5.41, 5.74) is 2.99. The fraction of sp³-hybridized carbons (Fsp3) is 0.263. The molecule has 2 heterocycles. The number of hydrogen-bond acceptors (Lipinski definition) is 3. The number of aryl methyl sites for hydroxylation is 1. The summed E-state index contributed by atoms with van der Waals surface area (Å²) in [4.78, 5) is 16.9. The van der Waals surface area contributed by atoms with Crippen LogP contribution in [0.25, 0.3) is 17.7 Å². The second-order valence-corrected chi connectivity index (χ2v) is 6.04. The van der Waals surface area contributed by atoms with E-state index < -0.39 is 0 Å². The number of hydrogen-bond donors (Lipinski definition) is 1. The SMILES string of the molecule is O=C1C=Cc2ccccc2/C1=C/c1nc2n(c1O)CCCCC2. The van der Waals surface area contributed by atoms with Crippen molar-refractivity contribution in [3.05, 3.63) is 53.0 Å². The molecule has 23 heavy (non-hydrogen) atoms. The number of fused-ring (bicyclic) bond motifs is 2. The topological polar surface area (TPSA) is 55.1 Å². The second-order valence-electron chi connectivity index (χ2n) is 6.04. The summed E-state index contributed by atoms with van der Waals surface area (Å²) >= 11 is 0. The van der Waals surface area contributed by atoms with Crippen molar-refractivity contribution in [2.75, 3.05) is 0 Å². The molecule has 0 spiro atoms. The van der Waals surface area contributed by atoms with Crippen LogP contribution in [0.5, 0.6) is 5.88 Å². The highest BCUT2D eigenvalue weighted by atomic mass is 16.3. The highest BCUT2D eigenvalue weighted by molar-refractivity contribution is 6.33. The number of nitrogens with zero attached hydrogens (tertiary/aromatic N) is 2. The minimum atomic E-state index is -0.0497. The molecule has 0 atom stereocenters. The molecule has 1 aliphatic carbocycles. The first kappa shape index (κ1) is 14.0. The molecule has 1 aromatic heterocycles. The number of carbonyl (C=O) groups is 1. The van der Waals surface area contributed by atoms with Crippen molar-refractivity contribution in [1.29, 1.82) is 0 Å². The monoisotopic (exact) mass is 306 g/mol. The molecule has 0 fully saturated rings. The molecule has 1 N–H and O–H groups in total. The molecule has 2 aliphatic rings. The molecule has 4 heteroatoms. The normalized spacial score (nSPS) is 18.6. The van der Waals surface area contributed by atoms with Crippen LogP contribution in [-0.4, -0.2) is 20.4 Å². The second kappa shape index (κ2) is 5.54. The number of aromatic nitrogens is 2. The van der Waals surface area contributed by atoms with Crippen molar-refractivity contribution < 1.29 is 9.90 Å². The number of rotatable bonds is 1. The summed E-state index contributed by atoms with van der Waals surface area (Å²) in [5.74, 6) is 1.04. The van der Waals surface area contributed by atoms with Crippen LogP contribution in [0.1, 0.15) is 41.9 Å². The lowest BCUT2D eigenvalue weighted by molar-refractivity contribution is -0.109. The molecular weight excluding hydrogens is 288 g/mol. The van der Waals surface area contributed by atoms with E-state index in [-0.39, 0.29) is 11.7 Å². The molecule has 116 valence electrons. The van der Waals surface area contributed by atoms with Crippen LogP contribution in [0.4, 0.5) is 0 Å². The fourth-order valence-corrected chi connectivity index (χ4v) is 3.32. The van der Waals surface area contributed by atoms with Gasteiger partial charge in [0.05, 0.1) is 0 Å². The molecule has 0 saturated carbocycles. The number of ketones is 1. The maximum absolute atomic E-state index is 12.3. The van der Waals surface area contributed by atoms with Gasteiger partial charge in [0.2, 0.25) is 5.88 Å². The van der Waals surface area contributed by atoms with Crippen molar-refractivity contribution in [1.82, 2.24) is 9.55 Å². The van der Waals surface area contributed by atoms with Crippen LogP contribution in [-0.2, 0) is 17.8 Å². The van der Waals surface area contributed by atoms with Crippen LogP contribution in [0.3, 0.4) is 0 Å². The molecule has 1 aromatic carbocycles. The van der Waals surface area contributed by atoms with Gasteiger partial charge in [-0.1, -0.05) is 36.8 Å². The van der Waals surface area contributed by atoms with Gasteiger partial charge in [-0.2, -0.15) is 0 Å². The maximum Gasteiger partial charge on any atom is 0.219 e. The Hall–Kier alpha value is -2.62.